The maximum atomic E-state index is 14.6. The van der Waals surface area contributed by atoms with Crippen LogP contribution >= 0.6 is 0 Å². The molecule has 3 heterocycles. The van der Waals surface area contributed by atoms with Crippen molar-refractivity contribution in [2.24, 2.45) is 0 Å². The van der Waals surface area contributed by atoms with E-state index in [9.17, 15) is 12.8 Å². The topological polar surface area (TPSA) is 93.7 Å². The minimum absolute atomic E-state index is 0.0730. The monoisotopic (exact) mass is 497 g/mol. The van der Waals surface area contributed by atoms with Gasteiger partial charge in [-0.2, -0.15) is 0 Å². The van der Waals surface area contributed by atoms with Crippen LogP contribution in [0.2, 0.25) is 0 Å². The molecule has 0 unspecified atom stereocenters. The first-order valence-electron chi connectivity index (χ1n) is 11.5. The van der Waals surface area contributed by atoms with Crippen molar-refractivity contribution >= 4 is 32.8 Å². The van der Waals surface area contributed by atoms with Gasteiger partial charge in [0.15, 0.2) is 21.5 Å². The van der Waals surface area contributed by atoms with Gasteiger partial charge in [-0.05, 0) is 36.6 Å². The second-order valence-corrected chi connectivity index (χ2v) is 10.9. The number of nitrogens with zero attached hydrogens (tertiary/aromatic N) is 5. The number of hydrazine groups is 2. The number of halogens is 1. The molecule has 1 saturated heterocycles. The van der Waals surface area contributed by atoms with Crippen LogP contribution in [0.5, 0.6) is 0 Å². The van der Waals surface area contributed by atoms with E-state index in [0.29, 0.717) is 11.5 Å². The predicted molar refractivity (Wildman–Crippen MR) is 133 cm³/mol. The van der Waals surface area contributed by atoms with Crippen LogP contribution in [0.1, 0.15) is 18.4 Å². The van der Waals surface area contributed by atoms with Crippen LogP contribution in [0, 0.1) is 5.82 Å². The van der Waals surface area contributed by atoms with Crippen LogP contribution in [-0.2, 0) is 16.4 Å². The number of likely N-dealkylation sites (tertiary alicyclic amines) is 1. The Kier molecular flexibility index (Phi) is 6.30. The third-order valence-corrected chi connectivity index (χ3v) is 7.53. The molecule has 2 aromatic carbocycles. The SMILES string of the molecule is CN1Nc2c(Nc3ccc(S(C)(=O)=O)cc3F)ncnc2N1C1CCN(Cc2ccccc2)CC1. The van der Waals surface area contributed by atoms with Crippen LogP contribution in [0.25, 0.3) is 0 Å². The van der Waals surface area contributed by atoms with Gasteiger partial charge in [0.05, 0.1) is 16.6 Å². The Balaban J connectivity index is 1.31. The normalized spacial score (nSPS) is 17.3. The molecule has 1 aromatic heterocycles. The first kappa shape index (κ1) is 23.5. The Hall–Kier alpha value is -3.28. The first-order chi connectivity index (χ1) is 16.8. The molecule has 2 aliphatic heterocycles. The number of fused-ring (bicyclic) bond motifs is 1. The second kappa shape index (κ2) is 9.40. The molecule has 5 rings (SSSR count). The lowest BCUT2D eigenvalue weighted by Crippen LogP contribution is -2.50. The van der Waals surface area contributed by atoms with Crippen LogP contribution in [0.4, 0.5) is 27.4 Å². The lowest BCUT2D eigenvalue weighted by molar-refractivity contribution is 0.178. The van der Waals surface area contributed by atoms with Crippen LogP contribution < -0.4 is 15.8 Å². The third kappa shape index (κ3) is 4.93. The number of nitrogens with one attached hydrogen (secondary N) is 2. The summed E-state index contributed by atoms with van der Waals surface area (Å²) in [6, 6.07) is 14.5. The molecule has 0 bridgehead atoms. The van der Waals surface area contributed by atoms with Crippen LogP contribution in [-0.4, -0.2) is 60.8 Å². The minimum Gasteiger partial charge on any atom is -0.336 e. The van der Waals surface area contributed by atoms with E-state index in [2.05, 4.69) is 54.9 Å². The molecule has 3 aromatic rings. The summed E-state index contributed by atoms with van der Waals surface area (Å²) >= 11 is 0. The standard InChI is InChI=1S/C24H28FN7O2S/c1-30-29-22-23(28-21-9-8-19(14-20(21)25)35(2,33)34)26-16-27-24(22)32(30)18-10-12-31(13-11-18)15-17-6-4-3-5-7-17/h3-9,14,16,18,29H,10-13,15H2,1-2H3,(H,26,27,28). The Bertz CT molecular complexity index is 1310. The van der Waals surface area contributed by atoms with E-state index in [1.807, 2.05) is 18.2 Å². The Morgan fingerprint density at radius 1 is 1.11 bits per heavy atom. The van der Waals surface area contributed by atoms with Crippen molar-refractivity contribution in [3.63, 3.8) is 0 Å². The van der Waals surface area contributed by atoms with E-state index < -0.39 is 15.7 Å². The second-order valence-electron chi connectivity index (χ2n) is 8.93. The average molecular weight is 498 g/mol. The Labute approximate surface area is 204 Å². The molecular formula is C24H28FN7O2S. The largest absolute Gasteiger partial charge is 0.336 e. The molecule has 11 heteroatoms. The van der Waals surface area contributed by atoms with Crippen molar-refractivity contribution in [1.82, 2.24) is 20.0 Å². The van der Waals surface area contributed by atoms with Gasteiger partial charge in [0.25, 0.3) is 0 Å². The van der Waals surface area contributed by atoms with Crippen molar-refractivity contribution in [1.29, 1.82) is 0 Å². The number of sulfone groups is 1. The number of hydrogen-bond acceptors (Lipinski definition) is 9. The van der Waals surface area contributed by atoms with Gasteiger partial charge < -0.3 is 5.32 Å². The maximum absolute atomic E-state index is 14.6. The number of hydrogen-bond donors (Lipinski definition) is 2. The van der Waals surface area contributed by atoms with Gasteiger partial charge in [0, 0.05) is 32.9 Å². The molecule has 35 heavy (non-hydrogen) atoms. The number of piperidine rings is 1. The zero-order valence-electron chi connectivity index (χ0n) is 19.6. The number of benzene rings is 2. The highest BCUT2D eigenvalue weighted by molar-refractivity contribution is 7.90. The highest BCUT2D eigenvalue weighted by Crippen LogP contribution is 2.40. The summed E-state index contributed by atoms with van der Waals surface area (Å²) in [5.74, 6) is 0.464. The summed E-state index contributed by atoms with van der Waals surface area (Å²) in [7, 11) is -1.58. The molecule has 184 valence electrons. The average Bonchev–Trinajstić information content (AvgIpc) is 3.17. The molecule has 0 aliphatic carbocycles. The molecular weight excluding hydrogens is 469 g/mol. The van der Waals surface area contributed by atoms with E-state index >= 15 is 0 Å². The van der Waals surface area contributed by atoms with Gasteiger partial charge in [0.1, 0.15) is 17.8 Å². The molecule has 9 nitrogen and oxygen atoms in total. The first-order valence-corrected chi connectivity index (χ1v) is 13.4. The summed E-state index contributed by atoms with van der Waals surface area (Å²) in [5.41, 5.74) is 5.38. The van der Waals surface area contributed by atoms with Crippen molar-refractivity contribution < 1.29 is 12.8 Å². The summed E-state index contributed by atoms with van der Waals surface area (Å²) in [4.78, 5) is 11.2. The fourth-order valence-corrected chi connectivity index (χ4v) is 5.28. The zero-order chi connectivity index (χ0) is 24.6. The lowest BCUT2D eigenvalue weighted by atomic mass is 10.0. The molecule has 2 aliphatic rings. The number of anilines is 4. The lowest BCUT2D eigenvalue weighted by Gasteiger charge is -2.39. The Morgan fingerprint density at radius 3 is 2.54 bits per heavy atom. The quantitative estimate of drug-likeness (QED) is 0.531. The molecule has 0 radical (unpaired) electrons. The highest BCUT2D eigenvalue weighted by Gasteiger charge is 2.36. The van der Waals surface area contributed by atoms with Crippen molar-refractivity contribution in [2.45, 2.75) is 30.3 Å². The van der Waals surface area contributed by atoms with Gasteiger partial charge in [-0.15, -0.1) is 5.12 Å². The smallest absolute Gasteiger partial charge is 0.175 e. The maximum Gasteiger partial charge on any atom is 0.175 e. The zero-order valence-corrected chi connectivity index (χ0v) is 20.5. The van der Waals surface area contributed by atoms with Crippen LogP contribution in [0.3, 0.4) is 0 Å². The minimum atomic E-state index is -3.50. The van der Waals surface area contributed by atoms with Gasteiger partial charge in [-0.3, -0.25) is 15.3 Å². The van der Waals surface area contributed by atoms with E-state index in [1.165, 1.54) is 24.0 Å². The summed E-state index contributed by atoms with van der Waals surface area (Å²) < 4.78 is 38.1. The van der Waals surface area contributed by atoms with Gasteiger partial charge in [0.2, 0.25) is 0 Å². The van der Waals surface area contributed by atoms with Gasteiger partial charge in [-0.1, -0.05) is 30.3 Å². The summed E-state index contributed by atoms with van der Waals surface area (Å²) in [5, 5.41) is 7.01. The van der Waals surface area contributed by atoms with E-state index in [-0.39, 0.29) is 16.6 Å². The Morgan fingerprint density at radius 2 is 1.86 bits per heavy atom. The van der Waals surface area contributed by atoms with Gasteiger partial charge in [-0.25, -0.2) is 22.8 Å². The molecule has 2 N–H and O–H groups in total. The molecule has 0 amide bonds. The molecule has 0 spiro atoms. The number of aromatic nitrogens is 2. The predicted octanol–water partition coefficient (Wildman–Crippen LogP) is 3.42. The van der Waals surface area contributed by atoms with Crippen LogP contribution in [0.15, 0.2) is 59.8 Å². The van der Waals surface area contributed by atoms with Crippen molar-refractivity contribution in [3.05, 3.63) is 66.2 Å². The third-order valence-electron chi connectivity index (χ3n) is 6.41. The van der Waals surface area contributed by atoms with E-state index in [0.717, 1.165) is 50.6 Å². The van der Waals surface area contributed by atoms with E-state index in [4.69, 9.17) is 0 Å². The van der Waals surface area contributed by atoms with Gasteiger partial charge >= 0.3 is 0 Å². The summed E-state index contributed by atoms with van der Waals surface area (Å²) in [6.45, 7) is 2.90. The fraction of sp³-hybridized carbons (Fsp3) is 0.333. The summed E-state index contributed by atoms with van der Waals surface area (Å²) in [6.07, 6.45) is 4.45. The molecule has 1 fully saturated rings. The highest BCUT2D eigenvalue weighted by atomic mass is 32.2. The molecule has 0 saturated carbocycles. The molecule has 0 atom stereocenters. The van der Waals surface area contributed by atoms with Crippen molar-refractivity contribution in [2.75, 3.05) is 42.1 Å². The number of rotatable bonds is 6. The fourth-order valence-electron chi connectivity index (χ4n) is 4.64. The van der Waals surface area contributed by atoms with Crippen molar-refractivity contribution in [3.8, 4) is 0 Å². The van der Waals surface area contributed by atoms with E-state index in [1.54, 1.807) is 0 Å².